The van der Waals surface area contributed by atoms with Gasteiger partial charge in [-0.25, -0.2) is 0 Å². The largest absolute Gasteiger partial charge is 0.322 e. The molecule has 0 radical (unpaired) electrons. The molecule has 64 valence electrons. The van der Waals surface area contributed by atoms with Gasteiger partial charge in [-0.2, -0.15) is 0 Å². The molecule has 3 heteroatoms. The van der Waals surface area contributed by atoms with Gasteiger partial charge in [-0.05, 0) is 38.3 Å². The topological polar surface area (TPSA) is 55.1 Å². The number of nitrogens with one attached hydrogen (secondary N) is 1. The highest BCUT2D eigenvalue weighted by atomic mass is 16.1. The highest BCUT2D eigenvalue weighted by molar-refractivity contribution is 5.56. The molecule has 0 aromatic carbocycles. The lowest BCUT2D eigenvalue weighted by Gasteiger charge is -2.23. The summed E-state index contributed by atoms with van der Waals surface area (Å²) >= 11 is 0. The summed E-state index contributed by atoms with van der Waals surface area (Å²) in [5.41, 5.74) is 5.51. The summed E-state index contributed by atoms with van der Waals surface area (Å²) < 4.78 is 0. The summed E-state index contributed by atoms with van der Waals surface area (Å²) in [5, 5.41) is 3.29. The van der Waals surface area contributed by atoms with Crippen molar-refractivity contribution in [3.63, 3.8) is 0 Å². The molecule has 0 aromatic rings. The van der Waals surface area contributed by atoms with Gasteiger partial charge >= 0.3 is 0 Å². The van der Waals surface area contributed by atoms with Gasteiger partial charge in [0.25, 0.3) is 0 Å². The van der Waals surface area contributed by atoms with Crippen LogP contribution in [0.1, 0.15) is 19.3 Å². The molecular formula is C8H16N2O. The van der Waals surface area contributed by atoms with Gasteiger partial charge in [0.2, 0.25) is 0 Å². The molecule has 0 bridgehead atoms. The Labute approximate surface area is 67.3 Å². The molecular weight excluding hydrogens is 140 g/mol. The number of nitrogens with two attached hydrogens (primary N) is 1. The minimum Gasteiger partial charge on any atom is -0.322 e. The van der Waals surface area contributed by atoms with E-state index < -0.39 is 0 Å². The highest BCUT2D eigenvalue weighted by Crippen LogP contribution is 2.14. The van der Waals surface area contributed by atoms with Crippen molar-refractivity contribution in [1.82, 2.24) is 5.32 Å². The Balaban J connectivity index is 2.18. The van der Waals surface area contributed by atoms with Crippen molar-refractivity contribution in [2.45, 2.75) is 25.3 Å². The van der Waals surface area contributed by atoms with Crippen molar-refractivity contribution < 1.29 is 4.79 Å². The minimum atomic E-state index is -0.250. The second-order valence-corrected chi connectivity index (χ2v) is 3.25. The third-order valence-electron chi connectivity index (χ3n) is 2.18. The predicted molar refractivity (Wildman–Crippen MR) is 44.3 cm³/mol. The first-order chi connectivity index (χ1) is 5.33. The van der Waals surface area contributed by atoms with E-state index in [4.69, 9.17) is 5.73 Å². The van der Waals surface area contributed by atoms with E-state index in [9.17, 15) is 4.79 Å². The van der Waals surface area contributed by atoms with Crippen LogP contribution in [0.4, 0.5) is 0 Å². The van der Waals surface area contributed by atoms with Crippen LogP contribution < -0.4 is 11.1 Å². The third-order valence-corrected chi connectivity index (χ3v) is 2.18. The van der Waals surface area contributed by atoms with Crippen LogP contribution in [0.25, 0.3) is 0 Å². The molecule has 0 spiro atoms. The van der Waals surface area contributed by atoms with Crippen LogP contribution in [-0.2, 0) is 4.79 Å². The van der Waals surface area contributed by atoms with E-state index >= 15 is 0 Å². The number of hydrogen-bond donors (Lipinski definition) is 2. The predicted octanol–water partition coefficient (Wildman–Crippen LogP) is -0.0977. The quantitative estimate of drug-likeness (QED) is 0.561. The summed E-state index contributed by atoms with van der Waals surface area (Å²) in [4.78, 5) is 10.2. The molecule has 0 aliphatic carbocycles. The van der Waals surface area contributed by atoms with Crippen LogP contribution >= 0.6 is 0 Å². The normalized spacial score (nSPS) is 27.9. The zero-order valence-corrected chi connectivity index (χ0v) is 6.75. The molecule has 1 fully saturated rings. The molecule has 1 saturated heterocycles. The summed E-state index contributed by atoms with van der Waals surface area (Å²) in [6, 6.07) is -0.250. The Bertz CT molecular complexity index is 121. The minimum absolute atomic E-state index is 0.250. The average Bonchev–Trinajstić information content (AvgIpc) is 2.06. The second-order valence-electron chi connectivity index (χ2n) is 3.25. The van der Waals surface area contributed by atoms with Gasteiger partial charge in [0.05, 0.1) is 6.04 Å². The zero-order valence-electron chi connectivity index (χ0n) is 6.75. The van der Waals surface area contributed by atoms with Crippen molar-refractivity contribution in [3.8, 4) is 0 Å². The number of piperidine rings is 1. The summed E-state index contributed by atoms with van der Waals surface area (Å²) in [6.07, 6.45) is 4.12. The fraction of sp³-hybridized carbons (Fsp3) is 0.875. The highest BCUT2D eigenvalue weighted by Gasteiger charge is 2.15. The molecule has 3 nitrogen and oxygen atoms in total. The molecule has 2 atom stereocenters. The number of hydrogen-bond acceptors (Lipinski definition) is 3. The van der Waals surface area contributed by atoms with E-state index in [0.717, 1.165) is 25.8 Å². The van der Waals surface area contributed by atoms with Crippen molar-refractivity contribution >= 4 is 6.29 Å². The van der Waals surface area contributed by atoms with Gasteiger partial charge < -0.3 is 15.8 Å². The monoisotopic (exact) mass is 156 g/mol. The van der Waals surface area contributed by atoms with Gasteiger partial charge in [-0.1, -0.05) is 0 Å². The molecule has 11 heavy (non-hydrogen) atoms. The maximum atomic E-state index is 10.2. The molecule has 0 aromatic heterocycles. The first kappa shape index (κ1) is 8.68. The van der Waals surface area contributed by atoms with Crippen LogP contribution in [0, 0.1) is 5.92 Å². The van der Waals surface area contributed by atoms with Crippen LogP contribution in [0.5, 0.6) is 0 Å². The van der Waals surface area contributed by atoms with Gasteiger partial charge in [0.15, 0.2) is 0 Å². The lowest BCUT2D eigenvalue weighted by Crippen LogP contribution is -2.34. The number of carbonyl (C=O) groups excluding carboxylic acids is 1. The van der Waals surface area contributed by atoms with Gasteiger partial charge in [-0.15, -0.1) is 0 Å². The van der Waals surface area contributed by atoms with Crippen molar-refractivity contribution in [1.29, 1.82) is 0 Å². The van der Waals surface area contributed by atoms with Crippen molar-refractivity contribution in [2.75, 3.05) is 13.1 Å². The fourth-order valence-corrected chi connectivity index (χ4v) is 1.57. The van der Waals surface area contributed by atoms with Gasteiger partial charge in [-0.3, -0.25) is 0 Å². The first-order valence-electron chi connectivity index (χ1n) is 4.24. The van der Waals surface area contributed by atoms with E-state index in [1.54, 1.807) is 0 Å². The molecule has 2 unspecified atom stereocenters. The Hall–Kier alpha value is -0.410. The summed E-state index contributed by atoms with van der Waals surface area (Å²) in [5.74, 6) is 0.615. The lowest BCUT2D eigenvalue weighted by molar-refractivity contribution is -0.109. The SMILES string of the molecule is NC(C=O)CC1CCCNC1. The summed E-state index contributed by atoms with van der Waals surface area (Å²) in [6.45, 7) is 2.15. The van der Waals surface area contributed by atoms with Gasteiger partial charge in [0.1, 0.15) is 6.29 Å². The van der Waals surface area contributed by atoms with E-state index in [-0.39, 0.29) is 6.04 Å². The molecule has 0 amide bonds. The molecule has 1 aliphatic heterocycles. The second kappa shape index (κ2) is 4.46. The third kappa shape index (κ3) is 2.99. The fourth-order valence-electron chi connectivity index (χ4n) is 1.57. The van der Waals surface area contributed by atoms with Crippen LogP contribution in [0.2, 0.25) is 0 Å². The van der Waals surface area contributed by atoms with E-state index in [2.05, 4.69) is 5.32 Å². The Morgan fingerprint density at radius 3 is 3.09 bits per heavy atom. The summed E-state index contributed by atoms with van der Waals surface area (Å²) in [7, 11) is 0. The van der Waals surface area contributed by atoms with Crippen LogP contribution in [0.15, 0.2) is 0 Å². The maximum absolute atomic E-state index is 10.2. The van der Waals surface area contributed by atoms with E-state index in [0.29, 0.717) is 5.92 Å². The molecule has 1 rings (SSSR count). The zero-order chi connectivity index (χ0) is 8.10. The number of carbonyl (C=O) groups is 1. The Kier molecular flexibility index (Phi) is 3.52. The smallest absolute Gasteiger partial charge is 0.136 e. The van der Waals surface area contributed by atoms with E-state index in [1.807, 2.05) is 0 Å². The number of aldehydes is 1. The molecule has 0 saturated carbocycles. The number of rotatable bonds is 3. The molecule has 1 aliphatic rings. The maximum Gasteiger partial charge on any atom is 0.136 e. The van der Waals surface area contributed by atoms with Crippen molar-refractivity contribution in [3.05, 3.63) is 0 Å². The lowest BCUT2D eigenvalue weighted by atomic mass is 9.93. The first-order valence-corrected chi connectivity index (χ1v) is 4.24. The standard InChI is InChI=1S/C8H16N2O/c9-8(6-11)4-7-2-1-3-10-5-7/h6-8,10H,1-5,9H2. The van der Waals surface area contributed by atoms with Crippen LogP contribution in [0.3, 0.4) is 0 Å². The van der Waals surface area contributed by atoms with Crippen LogP contribution in [-0.4, -0.2) is 25.4 Å². The van der Waals surface area contributed by atoms with Gasteiger partial charge in [0, 0.05) is 0 Å². The Morgan fingerprint density at radius 1 is 1.73 bits per heavy atom. The average molecular weight is 156 g/mol. The van der Waals surface area contributed by atoms with Crippen molar-refractivity contribution in [2.24, 2.45) is 11.7 Å². The Morgan fingerprint density at radius 2 is 2.55 bits per heavy atom. The van der Waals surface area contributed by atoms with E-state index in [1.165, 1.54) is 12.8 Å². The molecule has 1 heterocycles. The molecule has 3 N–H and O–H groups in total.